The van der Waals surface area contributed by atoms with Gasteiger partial charge in [-0.05, 0) is 57.7 Å². The van der Waals surface area contributed by atoms with Crippen LogP contribution in [0.2, 0.25) is 0 Å². The second-order valence-electron chi connectivity index (χ2n) is 9.69. The second-order valence-corrected chi connectivity index (χ2v) is 9.69. The molecule has 4 heterocycles. The lowest BCUT2D eigenvalue weighted by molar-refractivity contribution is -0.136. The molecule has 2 aromatic rings. The van der Waals surface area contributed by atoms with Crippen molar-refractivity contribution in [1.82, 2.24) is 24.7 Å². The minimum atomic E-state index is -0.758. The number of likely N-dealkylation sites (tertiary alicyclic amines) is 1. The molecule has 3 aliphatic rings. The lowest BCUT2D eigenvalue weighted by atomic mass is 9.77. The van der Waals surface area contributed by atoms with Crippen LogP contribution in [0, 0.1) is 0 Å². The molecule has 1 amide bonds. The highest BCUT2D eigenvalue weighted by atomic mass is 16.3. The summed E-state index contributed by atoms with van der Waals surface area (Å²) >= 11 is 0. The molecule has 0 saturated carbocycles. The van der Waals surface area contributed by atoms with Crippen molar-refractivity contribution in [2.45, 2.75) is 69.3 Å². The number of aromatic nitrogens is 2. The fraction of sp³-hybridized carbons (Fsp3) is 0.600. The number of hydrogen-bond acceptors (Lipinski definition) is 5. The number of piperidine rings is 1. The highest BCUT2D eigenvalue weighted by Crippen LogP contribution is 2.41. The number of nitrogens with zero attached hydrogens (tertiary/aromatic N) is 4. The number of β-amino-alcohol motifs (C(OH)–C–C–N with tert-alkyl or cyclic N) is 1. The van der Waals surface area contributed by atoms with Crippen LogP contribution >= 0.6 is 0 Å². The molecule has 3 fully saturated rings. The highest BCUT2D eigenvalue weighted by Gasteiger charge is 2.53. The molecule has 2 N–H and O–H groups in total. The van der Waals surface area contributed by atoms with E-state index in [2.05, 4.69) is 31.6 Å². The summed E-state index contributed by atoms with van der Waals surface area (Å²) in [5.41, 5.74) is 1.01. The zero-order chi connectivity index (χ0) is 22.2. The summed E-state index contributed by atoms with van der Waals surface area (Å²) in [4.78, 5) is 22.7. The zero-order valence-electron chi connectivity index (χ0n) is 19.0. The maximum atomic E-state index is 13.8. The van der Waals surface area contributed by atoms with Gasteiger partial charge in [0.25, 0.3) is 0 Å². The molecule has 0 aliphatic carbocycles. The number of imidazole rings is 1. The lowest BCUT2D eigenvalue weighted by Gasteiger charge is -2.48. The maximum absolute atomic E-state index is 13.8. The van der Waals surface area contributed by atoms with E-state index in [9.17, 15) is 9.90 Å². The van der Waals surface area contributed by atoms with Crippen LogP contribution in [0.5, 0.6) is 0 Å². The van der Waals surface area contributed by atoms with E-state index < -0.39 is 11.6 Å². The summed E-state index contributed by atoms with van der Waals surface area (Å²) in [6, 6.07) is 10.1. The van der Waals surface area contributed by atoms with Gasteiger partial charge in [-0.3, -0.25) is 14.6 Å². The first-order valence-corrected chi connectivity index (χ1v) is 12.1. The number of aryl methyl sites for hydroxylation is 1. The molecule has 3 saturated heterocycles. The van der Waals surface area contributed by atoms with E-state index in [0.29, 0.717) is 13.0 Å². The van der Waals surface area contributed by atoms with Gasteiger partial charge >= 0.3 is 0 Å². The first-order valence-electron chi connectivity index (χ1n) is 12.1. The number of benzene rings is 1. The fourth-order valence-corrected chi connectivity index (χ4v) is 6.22. The van der Waals surface area contributed by atoms with Crippen LogP contribution in [0.25, 0.3) is 0 Å². The Morgan fingerprint density at radius 3 is 2.59 bits per heavy atom. The third-order valence-electron chi connectivity index (χ3n) is 8.04. The molecular formula is C25H35N5O2. The summed E-state index contributed by atoms with van der Waals surface area (Å²) in [5, 5.41) is 15.0. The molecule has 1 aromatic heterocycles. The predicted molar refractivity (Wildman–Crippen MR) is 123 cm³/mol. The molecular weight excluding hydrogens is 402 g/mol. The van der Waals surface area contributed by atoms with E-state index in [1.807, 2.05) is 42.9 Å². The summed E-state index contributed by atoms with van der Waals surface area (Å²) in [5.74, 6) is 0.105. The van der Waals surface area contributed by atoms with Crippen LogP contribution in [0.1, 0.15) is 50.3 Å². The van der Waals surface area contributed by atoms with E-state index >= 15 is 0 Å². The van der Waals surface area contributed by atoms with Crippen molar-refractivity contribution in [3.05, 3.63) is 54.1 Å². The van der Waals surface area contributed by atoms with Crippen molar-refractivity contribution < 1.29 is 9.90 Å². The lowest BCUT2D eigenvalue weighted by Crippen LogP contribution is -2.65. The quantitative estimate of drug-likeness (QED) is 0.724. The first kappa shape index (κ1) is 21.6. The molecule has 7 nitrogen and oxygen atoms in total. The van der Waals surface area contributed by atoms with Crippen LogP contribution in [-0.4, -0.2) is 68.2 Å². The van der Waals surface area contributed by atoms with Crippen molar-refractivity contribution in [3.63, 3.8) is 0 Å². The fourth-order valence-electron chi connectivity index (χ4n) is 6.22. The van der Waals surface area contributed by atoms with E-state index in [1.54, 1.807) is 0 Å². The van der Waals surface area contributed by atoms with Gasteiger partial charge in [-0.15, -0.1) is 0 Å². The Hall–Kier alpha value is -2.22. The Balaban J connectivity index is 1.39. The smallest absolute Gasteiger partial charge is 0.241 e. The standard InChI is InChI=1S/C25H35N5O2/c1-2-29-19-26-16-21(29)17-28-15-12-25(22(31)18-28,20-8-4-3-5-9-20)27-23(32)24-10-6-13-30(24)14-7-11-24/h3-5,8-9,16,19,22,31H,2,6-7,10-15,17-18H2,1H3,(H,27,32)/t22-,25-/m1/s1. The Morgan fingerprint density at radius 1 is 1.16 bits per heavy atom. The Labute approximate surface area is 190 Å². The maximum Gasteiger partial charge on any atom is 0.241 e. The Bertz CT molecular complexity index is 935. The van der Waals surface area contributed by atoms with Gasteiger partial charge < -0.3 is 15.0 Å². The van der Waals surface area contributed by atoms with Crippen molar-refractivity contribution in [2.75, 3.05) is 26.2 Å². The molecule has 0 radical (unpaired) electrons. The molecule has 0 unspecified atom stereocenters. The second kappa shape index (κ2) is 8.61. The van der Waals surface area contributed by atoms with Gasteiger partial charge in [-0.2, -0.15) is 0 Å². The van der Waals surface area contributed by atoms with E-state index in [4.69, 9.17) is 0 Å². The number of carbonyl (C=O) groups excluding carboxylic acids is 1. The highest BCUT2D eigenvalue weighted by molar-refractivity contribution is 5.88. The van der Waals surface area contributed by atoms with Gasteiger partial charge in [-0.25, -0.2) is 4.98 Å². The summed E-state index contributed by atoms with van der Waals surface area (Å²) in [7, 11) is 0. The number of aliphatic hydroxyl groups excluding tert-OH is 1. The molecule has 1 aromatic carbocycles. The van der Waals surface area contributed by atoms with Crippen LogP contribution in [0.4, 0.5) is 0 Å². The Kier molecular flexibility index (Phi) is 5.82. The summed E-state index contributed by atoms with van der Waals surface area (Å²) in [6.45, 7) is 7.08. The largest absolute Gasteiger partial charge is 0.389 e. The third-order valence-corrected chi connectivity index (χ3v) is 8.04. The van der Waals surface area contributed by atoms with Gasteiger partial charge in [0, 0.05) is 32.4 Å². The van der Waals surface area contributed by atoms with Crippen molar-refractivity contribution >= 4 is 5.91 Å². The minimum absolute atomic E-state index is 0.105. The van der Waals surface area contributed by atoms with E-state index in [0.717, 1.165) is 69.7 Å². The first-order chi connectivity index (χ1) is 15.6. The van der Waals surface area contributed by atoms with Crippen LogP contribution in [0.15, 0.2) is 42.9 Å². The number of carbonyl (C=O) groups is 1. The molecule has 0 bridgehead atoms. The van der Waals surface area contributed by atoms with Gasteiger partial charge in [0.15, 0.2) is 0 Å². The SMILES string of the molecule is CCn1cncc1CN1CC[C@@](NC(=O)C23CCCN2CCC3)(c2ccccc2)[C@H](O)C1. The van der Waals surface area contributed by atoms with Gasteiger partial charge in [-0.1, -0.05) is 30.3 Å². The number of rotatable bonds is 6. The third kappa shape index (κ3) is 3.56. The zero-order valence-corrected chi connectivity index (χ0v) is 19.0. The molecule has 5 rings (SSSR count). The molecule has 7 heteroatoms. The van der Waals surface area contributed by atoms with Crippen molar-refractivity contribution in [3.8, 4) is 0 Å². The number of hydrogen-bond donors (Lipinski definition) is 2. The van der Waals surface area contributed by atoms with Gasteiger partial charge in [0.05, 0.1) is 23.7 Å². The summed E-state index contributed by atoms with van der Waals surface area (Å²) < 4.78 is 2.14. The van der Waals surface area contributed by atoms with Crippen LogP contribution in [-0.2, 0) is 23.4 Å². The average molecular weight is 438 g/mol. The minimum Gasteiger partial charge on any atom is -0.389 e. The molecule has 32 heavy (non-hydrogen) atoms. The van der Waals surface area contributed by atoms with E-state index in [1.165, 1.54) is 0 Å². The molecule has 2 atom stereocenters. The molecule has 3 aliphatic heterocycles. The van der Waals surface area contributed by atoms with Gasteiger partial charge in [0.2, 0.25) is 5.91 Å². The number of aliphatic hydroxyl groups is 1. The summed E-state index contributed by atoms with van der Waals surface area (Å²) in [6.07, 6.45) is 7.76. The predicted octanol–water partition coefficient (Wildman–Crippen LogP) is 2.11. The van der Waals surface area contributed by atoms with Crippen LogP contribution in [0.3, 0.4) is 0 Å². The number of fused-ring (bicyclic) bond motifs is 1. The van der Waals surface area contributed by atoms with Crippen molar-refractivity contribution in [2.24, 2.45) is 0 Å². The normalized spacial score (nSPS) is 28.0. The molecule has 172 valence electrons. The van der Waals surface area contributed by atoms with Crippen molar-refractivity contribution in [1.29, 1.82) is 0 Å². The topological polar surface area (TPSA) is 73.6 Å². The number of amides is 1. The van der Waals surface area contributed by atoms with E-state index in [-0.39, 0.29) is 11.4 Å². The monoisotopic (exact) mass is 437 g/mol. The van der Waals surface area contributed by atoms with Gasteiger partial charge in [0.1, 0.15) is 5.54 Å². The van der Waals surface area contributed by atoms with Crippen LogP contribution < -0.4 is 5.32 Å². The average Bonchev–Trinajstić information content (AvgIpc) is 3.52. The molecule has 0 spiro atoms. The Morgan fingerprint density at radius 2 is 1.91 bits per heavy atom. The number of nitrogens with one attached hydrogen (secondary N) is 1.